The highest BCUT2D eigenvalue weighted by molar-refractivity contribution is 7.52. The van der Waals surface area contributed by atoms with Crippen molar-refractivity contribution in [2.75, 3.05) is 39.4 Å². The van der Waals surface area contributed by atoms with Crippen LogP contribution < -0.4 is 27.0 Å². The van der Waals surface area contributed by atoms with Gasteiger partial charge in [-0.25, -0.2) is 4.39 Å². The van der Waals surface area contributed by atoms with Gasteiger partial charge in [-0.3, -0.25) is 57.9 Å². The Kier molecular flexibility index (Phi) is 20.0. The van der Waals surface area contributed by atoms with Crippen LogP contribution in [0, 0.1) is 17.8 Å². The van der Waals surface area contributed by atoms with Crippen molar-refractivity contribution in [3.05, 3.63) is 105 Å². The normalized spacial score (nSPS) is 21.1. The number of thiophene rings is 1. The van der Waals surface area contributed by atoms with Crippen molar-refractivity contribution >= 4 is 82.2 Å². The number of hydrogen-bond donors (Lipinski definition) is 7. The number of imide groups is 1. The molecule has 4 aromatic rings. The van der Waals surface area contributed by atoms with Gasteiger partial charge in [0.15, 0.2) is 0 Å². The maximum absolute atomic E-state index is 14.8. The molecule has 0 spiro atoms. The zero-order valence-electron chi connectivity index (χ0n) is 49.2. The predicted molar refractivity (Wildman–Crippen MR) is 319 cm³/mol. The second-order valence-electron chi connectivity index (χ2n) is 24.4. The predicted octanol–water partition coefficient (Wildman–Crippen LogP) is 4.87. The van der Waals surface area contributed by atoms with Crippen molar-refractivity contribution in [3.63, 3.8) is 0 Å². The van der Waals surface area contributed by atoms with Gasteiger partial charge in [-0.1, -0.05) is 69.0 Å². The van der Waals surface area contributed by atoms with E-state index in [1.807, 2.05) is 30.3 Å². The van der Waals surface area contributed by atoms with Gasteiger partial charge >= 0.3 is 13.3 Å². The van der Waals surface area contributed by atoms with Crippen LogP contribution in [-0.4, -0.2) is 158 Å². The molecule has 6 atom stereocenters. The number of hydrogen-bond acceptors (Lipinski definition) is 12. The third-order valence-corrected chi connectivity index (χ3v) is 19.4. The molecule has 4 fully saturated rings. The van der Waals surface area contributed by atoms with Gasteiger partial charge in [-0.05, 0) is 115 Å². The Labute approximate surface area is 511 Å². The first kappa shape index (κ1) is 65.0. The Morgan fingerprint density at radius 3 is 2.30 bits per heavy atom. The minimum Gasteiger partial charge on any atom is -0.370 e. The number of fused-ring (bicyclic) bond motifs is 3. The van der Waals surface area contributed by atoms with Gasteiger partial charge < -0.3 is 46.2 Å². The van der Waals surface area contributed by atoms with E-state index in [2.05, 4.69) is 53.9 Å². The number of nitrogens with zero attached hydrogens (tertiary/aromatic N) is 4. The van der Waals surface area contributed by atoms with Crippen molar-refractivity contribution in [3.8, 4) is 11.8 Å². The molecule has 4 saturated heterocycles. The molecule has 88 heavy (non-hydrogen) atoms. The van der Waals surface area contributed by atoms with Crippen LogP contribution in [0.25, 0.3) is 10.1 Å². The number of nitrogens with two attached hydrogens (primary N) is 1. The average Bonchev–Trinajstić information content (AvgIpc) is 2.23. The highest BCUT2D eigenvalue weighted by Gasteiger charge is 2.51. The molecule has 0 radical (unpaired) electrons. The largest absolute Gasteiger partial charge is 0.399 e. The molecular weight excluding hydrogens is 1180 g/mol. The van der Waals surface area contributed by atoms with Crippen molar-refractivity contribution in [2.45, 2.75) is 152 Å². The smallest absolute Gasteiger partial charge is 0.370 e. The molecule has 1 unspecified atom stereocenters. The lowest BCUT2D eigenvalue weighted by atomic mass is 9.86. The molecule has 9 rings (SSSR count). The molecule has 470 valence electrons. The third kappa shape index (κ3) is 14.8. The number of carbonyl (C=O) groups is 9. The molecular formula is C62H73F3N9O12PS. The number of rotatable bonds is 19. The molecule has 0 saturated carbocycles. The number of primary amides is 1. The number of alkyl halides is 3. The molecule has 21 nitrogen and oxygen atoms in total. The van der Waals surface area contributed by atoms with E-state index in [0.29, 0.717) is 61.0 Å². The van der Waals surface area contributed by atoms with Crippen LogP contribution in [0.2, 0.25) is 0 Å². The van der Waals surface area contributed by atoms with Crippen LogP contribution in [0.15, 0.2) is 66.7 Å². The number of likely N-dealkylation sites (tertiary alicyclic amines) is 1. The zero-order chi connectivity index (χ0) is 63.4. The van der Waals surface area contributed by atoms with Gasteiger partial charge in [0.05, 0.1) is 4.88 Å². The van der Waals surface area contributed by atoms with E-state index in [1.165, 1.54) is 21.9 Å². The topological polar surface area (TPSA) is 298 Å². The minimum absolute atomic E-state index is 0.0344. The first-order valence-electron chi connectivity index (χ1n) is 29.6. The Morgan fingerprint density at radius 2 is 1.61 bits per heavy atom. The molecule has 1 aromatic heterocycles. The van der Waals surface area contributed by atoms with E-state index >= 15 is 0 Å². The third-order valence-electron chi connectivity index (χ3n) is 17.3. The van der Waals surface area contributed by atoms with Crippen LogP contribution in [-0.2, 0) is 62.2 Å². The lowest BCUT2D eigenvalue weighted by Gasteiger charge is -2.38. The van der Waals surface area contributed by atoms with Crippen LogP contribution >= 0.6 is 18.9 Å². The molecule has 5 aliphatic rings. The SMILES string of the molecule is CC(C)(C)c1ccc(C[C@H](NC(=O)[C@H](CCC(N)=O)NC(=O)[C@@H]2CC[C@@H]3CCN(CCF)C[C@H](NC(=O)c4cc5cc(C(F)(F)P(=O)(O)O)ccc5s4)C(=O)N32)C(=O)N2CCC(CCC#Cc3cccc4c3CN(C3CCC(=O)NC3=O)C4=O)CC2)cc1. The monoisotopic (exact) mass is 1260 g/mol. The van der Waals surface area contributed by atoms with Gasteiger partial charge in [0, 0.05) is 92.4 Å². The van der Waals surface area contributed by atoms with E-state index in [0.717, 1.165) is 46.6 Å². The number of benzene rings is 3. The number of nitrogens with one attached hydrogen (secondary N) is 4. The molecule has 9 amide bonds. The maximum atomic E-state index is 14.8. The fraction of sp³-hybridized carbons (Fsp3) is 0.500. The van der Waals surface area contributed by atoms with Crippen LogP contribution in [0.1, 0.15) is 139 Å². The Morgan fingerprint density at radius 1 is 0.886 bits per heavy atom. The molecule has 26 heteroatoms. The highest BCUT2D eigenvalue weighted by Crippen LogP contribution is 2.59. The van der Waals surface area contributed by atoms with E-state index in [4.69, 9.17) is 5.73 Å². The Balaban J connectivity index is 0.870. The summed E-state index contributed by atoms with van der Waals surface area (Å²) in [4.78, 5) is 148. The van der Waals surface area contributed by atoms with Gasteiger partial charge in [0.25, 0.3) is 11.8 Å². The number of halogens is 3. The summed E-state index contributed by atoms with van der Waals surface area (Å²) in [6.07, 6.45) is 3.24. The van der Waals surface area contributed by atoms with Gasteiger partial charge in [0.2, 0.25) is 41.4 Å². The summed E-state index contributed by atoms with van der Waals surface area (Å²) >= 11 is 0.874. The summed E-state index contributed by atoms with van der Waals surface area (Å²) < 4.78 is 55.1. The number of carbonyl (C=O) groups excluding carboxylic acids is 9. The average molecular weight is 1260 g/mol. The van der Waals surface area contributed by atoms with Crippen molar-refractivity contribution in [1.82, 2.24) is 40.9 Å². The Hall–Kier alpha value is -7.49. The van der Waals surface area contributed by atoms with Crippen LogP contribution in [0.4, 0.5) is 13.2 Å². The lowest BCUT2D eigenvalue weighted by molar-refractivity contribution is -0.144. The van der Waals surface area contributed by atoms with Crippen molar-refractivity contribution in [2.24, 2.45) is 11.7 Å². The van der Waals surface area contributed by atoms with Crippen LogP contribution in [0.3, 0.4) is 0 Å². The zero-order valence-corrected chi connectivity index (χ0v) is 50.9. The first-order valence-corrected chi connectivity index (χ1v) is 32.0. The summed E-state index contributed by atoms with van der Waals surface area (Å²) in [5.74, 6) is 1.44. The molecule has 3 aromatic carbocycles. The van der Waals surface area contributed by atoms with E-state index in [-0.39, 0.29) is 104 Å². The second kappa shape index (κ2) is 27.1. The minimum atomic E-state index is -5.90. The molecule has 5 aliphatic heterocycles. The summed E-state index contributed by atoms with van der Waals surface area (Å²) in [5.41, 5.74) is 3.64. The van der Waals surface area contributed by atoms with Gasteiger partial charge in [0.1, 0.15) is 36.9 Å². The fourth-order valence-electron chi connectivity index (χ4n) is 12.3. The molecule has 6 heterocycles. The molecule has 0 aliphatic carbocycles. The first-order chi connectivity index (χ1) is 41.7. The van der Waals surface area contributed by atoms with Crippen molar-refractivity contribution in [1.29, 1.82) is 0 Å². The Bertz CT molecular complexity index is 3500. The van der Waals surface area contributed by atoms with Crippen LogP contribution in [0.5, 0.6) is 0 Å². The van der Waals surface area contributed by atoms with E-state index < -0.39 is 97.2 Å². The molecule has 0 bridgehead atoms. The summed E-state index contributed by atoms with van der Waals surface area (Å²) in [7, 11) is -5.90. The van der Waals surface area contributed by atoms with Gasteiger partial charge in [-0.15, -0.1) is 11.3 Å². The summed E-state index contributed by atoms with van der Waals surface area (Å²) in [6.45, 7) is 6.45. The molecule has 8 N–H and O–H groups in total. The number of piperidine rings is 2. The summed E-state index contributed by atoms with van der Waals surface area (Å²) in [6, 6.07) is 10.8. The fourth-order valence-corrected chi connectivity index (χ4v) is 13.8. The van der Waals surface area contributed by atoms with Crippen molar-refractivity contribution < 1.29 is 70.7 Å². The number of amides is 9. The quantitative estimate of drug-likeness (QED) is 0.0375. The summed E-state index contributed by atoms with van der Waals surface area (Å²) in [5, 5.41) is 10.8. The van der Waals surface area contributed by atoms with Gasteiger partial charge in [-0.2, -0.15) is 8.78 Å². The maximum Gasteiger partial charge on any atom is 0.399 e. The second-order valence-corrected chi connectivity index (χ2v) is 27.1. The van der Waals surface area contributed by atoms with E-state index in [1.54, 1.807) is 21.9 Å². The van der Waals surface area contributed by atoms with E-state index in [9.17, 15) is 70.7 Å². The lowest BCUT2D eigenvalue weighted by Crippen LogP contribution is -2.62. The highest BCUT2D eigenvalue weighted by atomic mass is 32.1. The standard InChI is InChI=1S/C62H73F3N9O12PS/c1-61(2,3)40-13-11-37(12-14-40)31-46(59(82)72-28-23-36(24-29-72)7-4-5-8-38-9-6-10-43-44(38)34-73(58(43)81)48-19-22-53(76)70-55(48)78)68-54(77)45(17-21-52(66)75)67-56(79)49-18-16-42-25-27-71(30-26-63)35-47(60(83)74(42)49)69-57(80)51-33-39-32-41(15-20-50(39)88-51)62(64,65)87(84,85)86/h6,9-15,20,32-33,36,42,45-49H,4,7,16-19,21-31,34-35H2,1-3H3,(H2,66,75)(H,67,79)(H,68,77)(H,69,80)(H,70,76,78)(H2,84,85,86)/t42-,45+,46+,47+,48?,49+/m1/s1.